The monoisotopic (exact) mass is 283 g/mol. The van der Waals surface area contributed by atoms with Crippen molar-refractivity contribution < 1.29 is 19.5 Å². The van der Waals surface area contributed by atoms with E-state index in [0.717, 1.165) is 0 Å². The van der Waals surface area contributed by atoms with Crippen LogP contribution in [0.2, 0.25) is 0 Å². The van der Waals surface area contributed by atoms with Gasteiger partial charge in [-0.2, -0.15) is 0 Å². The molecule has 0 aliphatic rings. The van der Waals surface area contributed by atoms with Crippen molar-refractivity contribution in [3.05, 3.63) is 18.2 Å². The summed E-state index contributed by atoms with van der Waals surface area (Å²) in [6.07, 6.45) is 2.86. The Morgan fingerprint density at radius 2 is 2.20 bits per heavy atom. The molecule has 0 aliphatic carbocycles. The van der Waals surface area contributed by atoms with Crippen LogP contribution in [0.5, 0.6) is 0 Å². The van der Waals surface area contributed by atoms with Gasteiger partial charge in [-0.1, -0.05) is 0 Å². The maximum atomic E-state index is 11.8. The summed E-state index contributed by atoms with van der Waals surface area (Å²) in [6, 6.07) is -1.97. The van der Waals surface area contributed by atoms with Gasteiger partial charge in [0.1, 0.15) is 11.9 Å². The van der Waals surface area contributed by atoms with E-state index in [9.17, 15) is 14.4 Å². The van der Waals surface area contributed by atoms with E-state index in [1.165, 1.54) is 11.9 Å². The number of primary amides is 1. The normalized spacial score (nSPS) is 11.7. The highest BCUT2D eigenvalue weighted by atomic mass is 16.4. The molecule has 0 saturated carbocycles. The van der Waals surface area contributed by atoms with E-state index < -0.39 is 30.4 Å². The average Bonchev–Trinajstić information content (AvgIpc) is 2.73. The first-order valence-electron chi connectivity index (χ1n) is 5.80. The summed E-state index contributed by atoms with van der Waals surface area (Å²) in [5.41, 5.74) is 4.93. The molecule has 0 unspecified atom stereocenters. The van der Waals surface area contributed by atoms with Crippen LogP contribution in [-0.2, 0) is 23.2 Å². The Hall–Kier alpha value is -2.58. The third kappa shape index (κ3) is 4.26. The summed E-state index contributed by atoms with van der Waals surface area (Å²) < 4.78 is 1.74. The third-order valence-electron chi connectivity index (χ3n) is 2.65. The number of nitrogens with two attached hydrogens (primary N) is 1. The predicted molar refractivity (Wildman–Crippen MR) is 68.4 cm³/mol. The van der Waals surface area contributed by atoms with E-state index in [1.807, 2.05) is 0 Å². The van der Waals surface area contributed by atoms with E-state index in [1.54, 1.807) is 24.0 Å². The van der Waals surface area contributed by atoms with Crippen LogP contribution >= 0.6 is 0 Å². The zero-order chi connectivity index (χ0) is 15.3. The first-order chi connectivity index (χ1) is 9.31. The van der Waals surface area contributed by atoms with Gasteiger partial charge in [-0.15, -0.1) is 0 Å². The molecular weight excluding hydrogens is 266 g/mol. The molecule has 110 valence electrons. The van der Waals surface area contributed by atoms with Crippen LogP contribution in [0.15, 0.2) is 12.4 Å². The fraction of sp³-hybridized carbons (Fsp3) is 0.455. The number of rotatable bonds is 6. The Labute approximate surface area is 115 Å². The van der Waals surface area contributed by atoms with Crippen LogP contribution in [0.25, 0.3) is 0 Å². The standard InChI is InChI=1S/C11H17N5O4/c1-15-4-3-13-9(15)6-16(2)11(20)14-7(10(18)19)5-8(12)17/h3-4,7H,5-6H2,1-2H3,(H2,12,17)(H,14,20)(H,18,19)/t7-/m0/s1. The van der Waals surface area contributed by atoms with Crippen LogP contribution in [0, 0.1) is 0 Å². The summed E-state index contributed by atoms with van der Waals surface area (Å²) in [5.74, 6) is -1.48. The van der Waals surface area contributed by atoms with Gasteiger partial charge in [0.25, 0.3) is 0 Å². The number of carboxylic acids is 1. The lowest BCUT2D eigenvalue weighted by Crippen LogP contribution is -2.48. The molecule has 4 N–H and O–H groups in total. The molecular formula is C11H17N5O4. The van der Waals surface area contributed by atoms with Gasteiger partial charge in [-0.25, -0.2) is 14.6 Å². The van der Waals surface area contributed by atoms with E-state index in [-0.39, 0.29) is 6.54 Å². The lowest BCUT2D eigenvalue weighted by atomic mass is 10.2. The second-order valence-corrected chi connectivity index (χ2v) is 4.32. The number of carbonyl (C=O) groups excluding carboxylic acids is 2. The van der Waals surface area contributed by atoms with Crippen molar-refractivity contribution in [2.24, 2.45) is 12.8 Å². The molecule has 0 spiro atoms. The van der Waals surface area contributed by atoms with Crippen molar-refractivity contribution in [1.29, 1.82) is 0 Å². The fourth-order valence-electron chi connectivity index (χ4n) is 1.49. The number of urea groups is 1. The van der Waals surface area contributed by atoms with Crippen molar-refractivity contribution in [2.75, 3.05) is 7.05 Å². The lowest BCUT2D eigenvalue weighted by Gasteiger charge is -2.20. The molecule has 0 aliphatic heterocycles. The highest BCUT2D eigenvalue weighted by Crippen LogP contribution is 2.01. The molecule has 1 aromatic heterocycles. The Morgan fingerprint density at radius 3 is 2.65 bits per heavy atom. The number of hydrogen-bond donors (Lipinski definition) is 3. The van der Waals surface area contributed by atoms with Crippen LogP contribution in [0.4, 0.5) is 4.79 Å². The summed E-state index contributed by atoms with van der Waals surface area (Å²) in [5, 5.41) is 11.1. The zero-order valence-electron chi connectivity index (χ0n) is 11.2. The van der Waals surface area contributed by atoms with Gasteiger partial charge in [0.05, 0.1) is 13.0 Å². The molecule has 9 heteroatoms. The number of amides is 3. The minimum atomic E-state index is -1.34. The molecule has 0 aromatic carbocycles. The summed E-state index contributed by atoms with van der Waals surface area (Å²) in [4.78, 5) is 38.8. The first kappa shape index (κ1) is 15.5. The second-order valence-electron chi connectivity index (χ2n) is 4.32. The molecule has 1 heterocycles. The van der Waals surface area contributed by atoms with Gasteiger partial charge in [0, 0.05) is 26.5 Å². The smallest absolute Gasteiger partial charge is 0.326 e. The van der Waals surface area contributed by atoms with Gasteiger partial charge in [-0.05, 0) is 0 Å². The number of aromatic nitrogens is 2. The minimum Gasteiger partial charge on any atom is -0.480 e. The van der Waals surface area contributed by atoms with E-state index in [4.69, 9.17) is 10.8 Å². The predicted octanol–water partition coefficient (Wildman–Crippen LogP) is -1.11. The zero-order valence-corrected chi connectivity index (χ0v) is 11.2. The molecule has 0 fully saturated rings. The van der Waals surface area contributed by atoms with Crippen LogP contribution < -0.4 is 11.1 Å². The number of carbonyl (C=O) groups is 3. The third-order valence-corrected chi connectivity index (χ3v) is 2.65. The number of hydrogen-bond acceptors (Lipinski definition) is 4. The molecule has 0 bridgehead atoms. The molecule has 1 aromatic rings. The van der Waals surface area contributed by atoms with Crippen molar-refractivity contribution in [3.8, 4) is 0 Å². The van der Waals surface area contributed by atoms with Gasteiger partial charge >= 0.3 is 12.0 Å². The number of aliphatic carboxylic acids is 1. The SMILES string of the molecule is CN(Cc1nccn1C)C(=O)N[C@@H](CC(N)=O)C(=O)O. The minimum absolute atomic E-state index is 0.207. The van der Waals surface area contributed by atoms with E-state index in [0.29, 0.717) is 5.82 Å². The average molecular weight is 283 g/mol. The van der Waals surface area contributed by atoms with Crippen LogP contribution in [0.1, 0.15) is 12.2 Å². The Balaban J connectivity index is 2.62. The van der Waals surface area contributed by atoms with Crippen molar-refractivity contribution in [3.63, 3.8) is 0 Å². The summed E-state index contributed by atoms with van der Waals surface area (Å²) in [6.45, 7) is 0.207. The maximum absolute atomic E-state index is 11.8. The highest BCUT2D eigenvalue weighted by molar-refractivity contribution is 5.87. The first-order valence-corrected chi connectivity index (χ1v) is 5.80. The second kappa shape index (κ2) is 6.55. The van der Waals surface area contributed by atoms with E-state index in [2.05, 4.69) is 10.3 Å². The van der Waals surface area contributed by atoms with Crippen molar-refractivity contribution in [2.45, 2.75) is 19.0 Å². The Kier molecular flexibility index (Phi) is 5.07. The largest absolute Gasteiger partial charge is 0.480 e. The molecule has 3 amide bonds. The molecule has 0 radical (unpaired) electrons. The van der Waals surface area contributed by atoms with Gasteiger partial charge in [-0.3, -0.25) is 4.79 Å². The van der Waals surface area contributed by atoms with Gasteiger partial charge in [0.15, 0.2) is 0 Å². The lowest BCUT2D eigenvalue weighted by molar-refractivity contribution is -0.140. The number of aryl methyl sites for hydroxylation is 1. The molecule has 20 heavy (non-hydrogen) atoms. The van der Waals surface area contributed by atoms with Crippen molar-refractivity contribution in [1.82, 2.24) is 19.8 Å². The summed E-state index contributed by atoms with van der Waals surface area (Å²) >= 11 is 0. The molecule has 9 nitrogen and oxygen atoms in total. The van der Waals surface area contributed by atoms with Gasteiger partial charge in [0.2, 0.25) is 5.91 Å². The Morgan fingerprint density at radius 1 is 1.55 bits per heavy atom. The Bertz CT molecular complexity index is 513. The molecule has 1 atom stereocenters. The fourth-order valence-corrected chi connectivity index (χ4v) is 1.49. The van der Waals surface area contributed by atoms with Crippen molar-refractivity contribution >= 4 is 17.9 Å². The number of nitrogens with one attached hydrogen (secondary N) is 1. The van der Waals surface area contributed by atoms with E-state index >= 15 is 0 Å². The highest BCUT2D eigenvalue weighted by Gasteiger charge is 2.24. The van der Waals surface area contributed by atoms with Gasteiger partial charge < -0.3 is 25.6 Å². The van der Waals surface area contributed by atoms with Crippen LogP contribution in [0.3, 0.4) is 0 Å². The maximum Gasteiger partial charge on any atom is 0.326 e. The molecule has 1 rings (SSSR count). The summed E-state index contributed by atoms with van der Waals surface area (Å²) in [7, 11) is 3.27. The van der Waals surface area contributed by atoms with Crippen LogP contribution in [-0.4, -0.2) is 50.6 Å². The topological polar surface area (TPSA) is 131 Å². The number of nitrogens with zero attached hydrogens (tertiary/aromatic N) is 3. The number of imidazole rings is 1. The number of carboxylic acid groups (broad SMARTS) is 1. The quantitative estimate of drug-likeness (QED) is 0.609. The molecule has 0 saturated heterocycles.